The van der Waals surface area contributed by atoms with Gasteiger partial charge in [-0.1, -0.05) is 0 Å². The highest BCUT2D eigenvalue weighted by Crippen LogP contribution is 2.35. The van der Waals surface area contributed by atoms with Gasteiger partial charge < -0.3 is 4.98 Å². The lowest BCUT2D eigenvalue weighted by Gasteiger charge is -2.11. The monoisotopic (exact) mass is 259 g/mol. The summed E-state index contributed by atoms with van der Waals surface area (Å²) in [5.74, 6) is -1.06. The lowest BCUT2D eigenvalue weighted by Crippen LogP contribution is -2.14. The quantitative estimate of drug-likeness (QED) is 0.797. The summed E-state index contributed by atoms with van der Waals surface area (Å²) in [4.78, 5) is 19.4. The summed E-state index contributed by atoms with van der Waals surface area (Å²) in [7, 11) is 0. The Balaban J connectivity index is 2.72. The van der Waals surface area contributed by atoms with Crippen molar-refractivity contribution < 1.29 is 17.6 Å². The van der Waals surface area contributed by atoms with Crippen LogP contribution >= 0.6 is 0 Å². The molecule has 0 atom stereocenters. The molecule has 0 aromatic carbocycles. The summed E-state index contributed by atoms with van der Waals surface area (Å²) in [6.07, 6.45) is -2.35. The molecule has 2 aromatic heterocycles. The number of hydrogen-bond acceptors (Lipinski definition) is 3. The van der Waals surface area contributed by atoms with E-state index in [1.165, 1.54) is 0 Å². The summed E-state index contributed by atoms with van der Waals surface area (Å²) >= 11 is 0. The molecule has 0 unspecified atom stereocenters. The molecule has 8 heteroatoms. The first-order valence-corrected chi connectivity index (χ1v) is 4.66. The van der Waals surface area contributed by atoms with Crippen LogP contribution in [0.25, 0.3) is 11.3 Å². The van der Waals surface area contributed by atoms with E-state index >= 15 is 0 Å². The van der Waals surface area contributed by atoms with E-state index in [-0.39, 0.29) is 0 Å². The molecule has 2 heterocycles. The van der Waals surface area contributed by atoms with Crippen molar-refractivity contribution in [3.05, 3.63) is 46.5 Å². The van der Waals surface area contributed by atoms with Gasteiger partial charge in [-0.05, 0) is 6.07 Å². The second-order valence-corrected chi connectivity index (χ2v) is 3.33. The number of alkyl halides is 3. The van der Waals surface area contributed by atoms with Crippen LogP contribution in [0.15, 0.2) is 29.5 Å². The number of nitrogens with zero attached hydrogens (tertiary/aromatic N) is 2. The van der Waals surface area contributed by atoms with E-state index in [4.69, 9.17) is 0 Å². The first-order chi connectivity index (χ1) is 8.39. The first kappa shape index (κ1) is 12.2. The molecule has 0 saturated heterocycles. The van der Waals surface area contributed by atoms with Crippen LogP contribution in [0, 0.1) is 5.82 Å². The number of nitrogens with one attached hydrogen (secondary N) is 1. The Morgan fingerprint density at radius 1 is 1.22 bits per heavy atom. The number of aromatic amines is 1. The molecule has 2 aromatic rings. The van der Waals surface area contributed by atoms with Crippen LogP contribution in [-0.2, 0) is 6.18 Å². The van der Waals surface area contributed by atoms with Crippen molar-refractivity contribution in [2.24, 2.45) is 0 Å². The molecule has 1 N–H and O–H groups in total. The van der Waals surface area contributed by atoms with E-state index in [1.807, 2.05) is 4.98 Å². The van der Waals surface area contributed by atoms with Gasteiger partial charge in [0.15, 0.2) is 5.82 Å². The predicted molar refractivity (Wildman–Crippen MR) is 53.0 cm³/mol. The van der Waals surface area contributed by atoms with Crippen molar-refractivity contribution >= 4 is 0 Å². The SMILES string of the molecule is O=c1ncc(F)c(-c2cnccc2C(F)(F)F)[nH]1. The Kier molecular flexibility index (Phi) is 2.85. The maximum Gasteiger partial charge on any atom is 0.417 e. The normalized spacial score (nSPS) is 11.6. The molecule has 0 bridgehead atoms. The van der Waals surface area contributed by atoms with E-state index in [9.17, 15) is 22.4 Å². The molecule has 0 spiro atoms. The Morgan fingerprint density at radius 2 is 1.94 bits per heavy atom. The van der Waals surface area contributed by atoms with Gasteiger partial charge in [-0.15, -0.1) is 0 Å². The lowest BCUT2D eigenvalue weighted by atomic mass is 10.1. The molecular weight excluding hydrogens is 254 g/mol. The van der Waals surface area contributed by atoms with E-state index in [0.29, 0.717) is 12.3 Å². The Bertz CT molecular complexity index is 636. The molecule has 18 heavy (non-hydrogen) atoms. The number of halogens is 4. The summed E-state index contributed by atoms with van der Waals surface area (Å²) in [6, 6.07) is 0.702. The zero-order chi connectivity index (χ0) is 13.3. The Hall–Kier alpha value is -2.25. The van der Waals surface area contributed by atoms with Crippen molar-refractivity contribution in [3.8, 4) is 11.3 Å². The van der Waals surface area contributed by atoms with Gasteiger partial charge in [0.1, 0.15) is 0 Å². The predicted octanol–water partition coefficient (Wildman–Crippen LogP) is 1.99. The smallest absolute Gasteiger partial charge is 0.303 e. The lowest BCUT2D eigenvalue weighted by molar-refractivity contribution is -0.137. The zero-order valence-corrected chi connectivity index (χ0v) is 8.62. The van der Waals surface area contributed by atoms with Gasteiger partial charge >= 0.3 is 11.9 Å². The third-order valence-corrected chi connectivity index (χ3v) is 2.16. The second kappa shape index (κ2) is 4.21. The fourth-order valence-electron chi connectivity index (χ4n) is 1.42. The number of rotatable bonds is 1. The Morgan fingerprint density at radius 3 is 2.61 bits per heavy atom. The van der Waals surface area contributed by atoms with Crippen molar-refractivity contribution in [3.63, 3.8) is 0 Å². The van der Waals surface area contributed by atoms with E-state index in [2.05, 4.69) is 9.97 Å². The molecule has 0 radical (unpaired) electrons. The minimum atomic E-state index is -4.68. The zero-order valence-electron chi connectivity index (χ0n) is 8.62. The molecule has 2 rings (SSSR count). The number of hydrogen-bond donors (Lipinski definition) is 1. The average Bonchev–Trinajstić information content (AvgIpc) is 2.31. The summed E-state index contributed by atoms with van der Waals surface area (Å²) in [5.41, 5.74) is -3.15. The van der Waals surface area contributed by atoms with Crippen LogP contribution in [0.5, 0.6) is 0 Å². The summed E-state index contributed by atoms with van der Waals surface area (Å²) in [6.45, 7) is 0. The summed E-state index contributed by atoms with van der Waals surface area (Å²) < 4.78 is 51.5. The molecule has 0 saturated carbocycles. The van der Waals surface area contributed by atoms with Gasteiger partial charge in [-0.25, -0.2) is 9.18 Å². The van der Waals surface area contributed by atoms with E-state index < -0.39 is 34.5 Å². The average molecular weight is 259 g/mol. The third-order valence-electron chi connectivity index (χ3n) is 2.16. The van der Waals surface area contributed by atoms with E-state index in [1.54, 1.807) is 0 Å². The molecule has 94 valence electrons. The molecular formula is C10H5F4N3O. The number of pyridine rings is 1. The first-order valence-electron chi connectivity index (χ1n) is 4.66. The van der Waals surface area contributed by atoms with Crippen LogP contribution in [-0.4, -0.2) is 15.0 Å². The maximum atomic E-state index is 13.4. The second-order valence-electron chi connectivity index (χ2n) is 3.33. The fraction of sp³-hybridized carbons (Fsp3) is 0.100. The van der Waals surface area contributed by atoms with Crippen LogP contribution < -0.4 is 5.69 Å². The fourth-order valence-corrected chi connectivity index (χ4v) is 1.42. The molecule has 0 aliphatic heterocycles. The highest BCUT2D eigenvalue weighted by molar-refractivity contribution is 5.63. The standard InChI is InChI=1S/C10H5F4N3O/c11-7-4-16-9(18)17-8(7)5-3-15-2-1-6(5)10(12,13)14/h1-4H,(H,16,17,18). The van der Waals surface area contributed by atoms with Crippen LogP contribution in [0.4, 0.5) is 17.6 Å². The highest BCUT2D eigenvalue weighted by Gasteiger charge is 2.34. The van der Waals surface area contributed by atoms with Gasteiger partial charge in [-0.3, -0.25) is 4.98 Å². The third kappa shape index (κ3) is 2.22. The van der Waals surface area contributed by atoms with Gasteiger partial charge in [0.2, 0.25) is 0 Å². The van der Waals surface area contributed by atoms with Gasteiger partial charge in [-0.2, -0.15) is 18.2 Å². The number of aromatic nitrogens is 3. The minimum Gasteiger partial charge on any atom is -0.303 e. The maximum absolute atomic E-state index is 13.4. The number of H-pyrrole nitrogens is 1. The molecule has 0 aliphatic carbocycles. The van der Waals surface area contributed by atoms with Crippen LogP contribution in [0.3, 0.4) is 0 Å². The van der Waals surface area contributed by atoms with Crippen molar-refractivity contribution in [2.75, 3.05) is 0 Å². The van der Waals surface area contributed by atoms with Crippen LogP contribution in [0.1, 0.15) is 5.56 Å². The molecule has 0 aliphatic rings. The highest BCUT2D eigenvalue weighted by atomic mass is 19.4. The van der Waals surface area contributed by atoms with Gasteiger partial charge in [0, 0.05) is 18.0 Å². The van der Waals surface area contributed by atoms with Gasteiger partial charge in [0.25, 0.3) is 0 Å². The van der Waals surface area contributed by atoms with Crippen molar-refractivity contribution in [1.82, 2.24) is 15.0 Å². The largest absolute Gasteiger partial charge is 0.417 e. The van der Waals surface area contributed by atoms with Crippen molar-refractivity contribution in [2.45, 2.75) is 6.18 Å². The van der Waals surface area contributed by atoms with E-state index in [0.717, 1.165) is 12.4 Å². The van der Waals surface area contributed by atoms with Crippen molar-refractivity contribution in [1.29, 1.82) is 0 Å². The molecule has 0 fully saturated rings. The molecule has 0 amide bonds. The van der Waals surface area contributed by atoms with Crippen LogP contribution in [0.2, 0.25) is 0 Å². The topological polar surface area (TPSA) is 58.6 Å². The molecule has 4 nitrogen and oxygen atoms in total. The minimum absolute atomic E-state index is 0.540. The van der Waals surface area contributed by atoms with Gasteiger partial charge in [0.05, 0.1) is 17.5 Å². The summed E-state index contributed by atoms with van der Waals surface area (Å²) in [5, 5.41) is 0. The Labute approximate surface area is 97.3 Å².